The highest BCUT2D eigenvalue weighted by molar-refractivity contribution is 5.94. The molecule has 0 bridgehead atoms. The van der Waals surface area contributed by atoms with Crippen LogP contribution in [0.25, 0.3) is 0 Å². The minimum absolute atomic E-state index is 0.0112. The van der Waals surface area contributed by atoms with Crippen molar-refractivity contribution in [1.82, 2.24) is 9.80 Å². The van der Waals surface area contributed by atoms with Gasteiger partial charge in [0.05, 0.1) is 0 Å². The number of benzene rings is 2. The number of rotatable bonds is 8. The number of aryl methyl sites for hydroxylation is 1. The number of hydrogen-bond donors (Lipinski definition) is 1. The van der Waals surface area contributed by atoms with E-state index in [0.717, 1.165) is 63.8 Å². The third-order valence-electron chi connectivity index (χ3n) is 7.55. The fourth-order valence-electron chi connectivity index (χ4n) is 5.31. The van der Waals surface area contributed by atoms with Crippen LogP contribution in [-0.4, -0.2) is 53.8 Å². The maximum atomic E-state index is 13.1. The molecule has 5 nitrogen and oxygen atoms in total. The Balaban J connectivity index is 1.19. The molecule has 2 fully saturated rings. The molecule has 1 N–H and O–H groups in total. The lowest BCUT2D eigenvalue weighted by molar-refractivity contribution is -0.121. The summed E-state index contributed by atoms with van der Waals surface area (Å²) in [7, 11) is 0. The van der Waals surface area contributed by atoms with Crippen molar-refractivity contribution in [1.29, 1.82) is 0 Å². The number of carbonyl (C=O) groups is 2. The van der Waals surface area contributed by atoms with Crippen molar-refractivity contribution in [3.63, 3.8) is 0 Å². The second-order valence-electron chi connectivity index (χ2n) is 9.98. The second kappa shape index (κ2) is 12.3. The molecule has 0 saturated carbocycles. The fourth-order valence-corrected chi connectivity index (χ4v) is 5.31. The molecule has 0 spiro atoms. The van der Waals surface area contributed by atoms with E-state index >= 15 is 0 Å². The molecule has 2 amide bonds. The summed E-state index contributed by atoms with van der Waals surface area (Å²) < 4.78 is 13.1. The van der Waals surface area contributed by atoms with E-state index in [2.05, 4.69) is 29.3 Å². The molecule has 2 aliphatic rings. The Morgan fingerprint density at radius 3 is 2.17 bits per heavy atom. The topological polar surface area (TPSA) is 52.7 Å². The van der Waals surface area contributed by atoms with Crippen molar-refractivity contribution in [2.24, 2.45) is 5.92 Å². The van der Waals surface area contributed by atoms with Gasteiger partial charge in [0, 0.05) is 36.3 Å². The number of anilines is 1. The molecule has 0 atom stereocenters. The standard InChI is InChI=1S/C29H38FN3O2/c1-2-3-4-5-22-6-8-24(9-7-22)29(35)33-20-16-27(17-21-33)32-18-14-23(15-19-32)28(34)31-26-12-10-25(30)11-13-26/h6-13,23,27H,2-5,14-21H2,1H3,(H,31,34). The molecule has 35 heavy (non-hydrogen) atoms. The molecule has 2 aromatic carbocycles. The quantitative estimate of drug-likeness (QED) is 0.508. The molecule has 2 heterocycles. The van der Waals surface area contributed by atoms with E-state index in [0.29, 0.717) is 11.7 Å². The number of carbonyl (C=O) groups excluding carboxylic acids is 2. The van der Waals surface area contributed by atoms with Gasteiger partial charge in [0.2, 0.25) is 5.91 Å². The maximum Gasteiger partial charge on any atom is 0.253 e. The number of nitrogens with one attached hydrogen (secondary N) is 1. The van der Waals surface area contributed by atoms with Gasteiger partial charge in [0.1, 0.15) is 5.82 Å². The van der Waals surface area contributed by atoms with Crippen LogP contribution in [0.1, 0.15) is 67.8 Å². The molecule has 2 aromatic rings. The lowest BCUT2D eigenvalue weighted by Gasteiger charge is -2.41. The predicted octanol–water partition coefficient (Wildman–Crippen LogP) is 5.51. The molecule has 2 saturated heterocycles. The zero-order chi connectivity index (χ0) is 24.6. The minimum atomic E-state index is -0.306. The van der Waals surface area contributed by atoms with Crippen molar-refractivity contribution in [2.45, 2.75) is 64.3 Å². The average Bonchev–Trinajstić information content (AvgIpc) is 2.90. The van der Waals surface area contributed by atoms with Crippen LogP contribution >= 0.6 is 0 Å². The first-order valence-corrected chi connectivity index (χ1v) is 13.2. The minimum Gasteiger partial charge on any atom is -0.339 e. The number of nitrogens with zero attached hydrogens (tertiary/aromatic N) is 2. The molecule has 0 radical (unpaired) electrons. The van der Waals surface area contributed by atoms with Crippen molar-refractivity contribution in [3.8, 4) is 0 Å². The van der Waals surface area contributed by atoms with Gasteiger partial charge in [-0.1, -0.05) is 31.9 Å². The molecular formula is C29H38FN3O2. The predicted molar refractivity (Wildman–Crippen MR) is 138 cm³/mol. The van der Waals surface area contributed by atoms with Crippen molar-refractivity contribution < 1.29 is 14.0 Å². The van der Waals surface area contributed by atoms with Crippen LogP contribution in [0.3, 0.4) is 0 Å². The van der Waals surface area contributed by atoms with E-state index in [4.69, 9.17) is 0 Å². The fraction of sp³-hybridized carbons (Fsp3) is 0.517. The molecule has 4 rings (SSSR count). The van der Waals surface area contributed by atoms with E-state index < -0.39 is 0 Å². The average molecular weight is 480 g/mol. The van der Waals surface area contributed by atoms with Gasteiger partial charge in [-0.05, 0) is 93.6 Å². The third-order valence-corrected chi connectivity index (χ3v) is 7.55. The van der Waals surface area contributed by atoms with Gasteiger partial charge in [0.25, 0.3) is 5.91 Å². The number of piperidine rings is 2. The van der Waals surface area contributed by atoms with Crippen LogP contribution in [0.5, 0.6) is 0 Å². The SMILES string of the molecule is CCCCCc1ccc(C(=O)N2CCC(N3CCC(C(=O)Nc4ccc(F)cc4)CC3)CC2)cc1. The lowest BCUT2D eigenvalue weighted by atomic mass is 9.92. The molecule has 0 unspecified atom stereocenters. The van der Waals surface area contributed by atoms with Gasteiger partial charge in [-0.3, -0.25) is 9.59 Å². The van der Waals surface area contributed by atoms with Gasteiger partial charge in [-0.2, -0.15) is 0 Å². The highest BCUT2D eigenvalue weighted by Crippen LogP contribution is 2.26. The van der Waals surface area contributed by atoms with Crippen molar-refractivity contribution in [2.75, 3.05) is 31.5 Å². The second-order valence-corrected chi connectivity index (χ2v) is 9.98. The molecular weight excluding hydrogens is 441 g/mol. The Kier molecular flexibility index (Phi) is 8.91. The number of amides is 2. The Hall–Kier alpha value is -2.73. The van der Waals surface area contributed by atoms with E-state index in [1.54, 1.807) is 12.1 Å². The van der Waals surface area contributed by atoms with Crippen LogP contribution in [0.15, 0.2) is 48.5 Å². The largest absolute Gasteiger partial charge is 0.339 e. The molecule has 6 heteroatoms. The summed E-state index contributed by atoms with van der Waals surface area (Å²) in [6.07, 6.45) is 8.37. The van der Waals surface area contributed by atoms with Crippen LogP contribution in [0, 0.1) is 11.7 Å². The Morgan fingerprint density at radius 2 is 1.54 bits per heavy atom. The highest BCUT2D eigenvalue weighted by Gasteiger charge is 2.32. The summed E-state index contributed by atoms with van der Waals surface area (Å²) >= 11 is 0. The molecule has 0 aliphatic carbocycles. The summed E-state index contributed by atoms with van der Waals surface area (Å²) in [5.74, 6) is -0.157. The Morgan fingerprint density at radius 1 is 0.886 bits per heavy atom. The zero-order valence-electron chi connectivity index (χ0n) is 20.8. The number of hydrogen-bond acceptors (Lipinski definition) is 3. The van der Waals surface area contributed by atoms with E-state index in [9.17, 15) is 14.0 Å². The first-order chi connectivity index (χ1) is 17.0. The van der Waals surface area contributed by atoms with Crippen LogP contribution < -0.4 is 5.32 Å². The smallest absolute Gasteiger partial charge is 0.253 e. The van der Waals surface area contributed by atoms with E-state index in [1.807, 2.05) is 17.0 Å². The van der Waals surface area contributed by atoms with Crippen molar-refractivity contribution >= 4 is 17.5 Å². The maximum absolute atomic E-state index is 13.1. The third kappa shape index (κ3) is 6.91. The van der Waals surface area contributed by atoms with Crippen LogP contribution in [-0.2, 0) is 11.2 Å². The number of likely N-dealkylation sites (tertiary alicyclic amines) is 2. The van der Waals surface area contributed by atoms with Gasteiger partial charge in [0.15, 0.2) is 0 Å². The molecule has 0 aromatic heterocycles. The number of unbranched alkanes of at least 4 members (excludes halogenated alkanes) is 2. The number of halogens is 1. The summed E-state index contributed by atoms with van der Waals surface area (Å²) in [5, 5.41) is 2.91. The Bertz CT molecular complexity index is 960. The molecule has 188 valence electrons. The summed E-state index contributed by atoms with van der Waals surface area (Å²) in [6, 6.07) is 14.6. The zero-order valence-corrected chi connectivity index (χ0v) is 20.8. The first-order valence-electron chi connectivity index (χ1n) is 13.2. The van der Waals surface area contributed by atoms with E-state index in [-0.39, 0.29) is 23.5 Å². The van der Waals surface area contributed by atoms with Gasteiger partial charge in [-0.25, -0.2) is 4.39 Å². The Labute approximate surface area is 208 Å². The van der Waals surface area contributed by atoms with Gasteiger partial charge >= 0.3 is 0 Å². The monoisotopic (exact) mass is 479 g/mol. The highest BCUT2D eigenvalue weighted by atomic mass is 19.1. The molecule has 2 aliphatic heterocycles. The van der Waals surface area contributed by atoms with Crippen molar-refractivity contribution in [3.05, 3.63) is 65.5 Å². The summed E-state index contributed by atoms with van der Waals surface area (Å²) in [6.45, 7) is 5.59. The first kappa shape index (κ1) is 25.4. The van der Waals surface area contributed by atoms with Gasteiger partial charge in [-0.15, -0.1) is 0 Å². The normalized spacial score (nSPS) is 17.9. The van der Waals surface area contributed by atoms with Gasteiger partial charge < -0.3 is 15.1 Å². The van der Waals surface area contributed by atoms with Crippen LogP contribution in [0.2, 0.25) is 0 Å². The summed E-state index contributed by atoms with van der Waals surface area (Å²) in [5.41, 5.74) is 2.74. The lowest BCUT2D eigenvalue weighted by Crippen LogP contribution is -2.49. The summed E-state index contributed by atoms with van der Waals surface area (Å²) in [4.78, 5) is 30.1. The van der Waals surface area contributed by atoms with E-state index in [1.165, 1.54) is 37.0 Å². The van der Waals surface area contributed by atoms with Crippen LogP contribution in [0.4, 0.5) is 10.1 Å².